The molecule has 0 unspecified atom stereocenters. The van der Waals surface area contributed by atoms with Crippen LogP contribution < -0.4 is 13.9 Å². The first-order valence-corrected chi connectivity index (χ1v) is 12.7. The van der Waals surface area contributed by atoms with Crippen molar-refractivity contribution >= 4 is 51.3 Å². The van der Waals surface area contributed by atoms with Crippen molar-refractivity contribution in [1.29, 1.82) is 0 Å². The number of benzene rings is 3. The van der Waals surface area contributed by atoms with Crippen LogP contribution in [-0.2, 0) is 10.0 Å². The van der Waals surface area contributed by atoms with Crippen molar-refractivity contribution in [2.75, 3.05) is 49.5 Å². The number of methoxy groups -OCH3 is 1. The van der Waals surface area contributed by atoms with Gasteiger partial charge in [0.15, 0.2) is 0 Å². The van der Waals surface area contributed by atoms with E-state index in [2.05, 4.69) is 4.90 Å². The first kappa shape index (κ1) is 26.7. The minimum absolute atomic E-state index is 0. The number of carbonyl (C=O) groups is 1. The molecule has 35 heavy (non-hydrogen) atoms. The molecule has 1 aliphatic rings. The molecule has 1 fully saturated rings. The molecule has 4 rings (SSSR count). The van der Waals surface area contributed by atoms with E-state index in [1.807, 2.05) is 30.3 Å². The second-order valence-electron chi connectivity index (χ2n) is 7.90. The van der Waals surface area contributed by atoms with Crippen LogP contribution in [0.4, 0.5) is 11.4 Å². The van der Waals surface area contributed by atoms with Crippen molar-refractivity contribution < 1.29 is 17.9 Å². The molecule has 0 aliphatic carbocycles. The molecule has 186 valence electrons. The van der Waals surface area contributed by atoms with Crippen LogP contribution in [0.2, 0.25) is 5.02 Å². The van der Waals surface area contributed by atoms with E-state index in [9.17, 15) is 13.2 Å². The monoisotopic (exact) mass is 535 g/mol. The zero-order valence-corrected chi connectivity index (χ0v) is 21.8. The van der Waals surface area contributed by atoms with Crippen LogP contribution >= 0.6 is 24.0 Å². The second kappa shape index (κ2) is 11.2. The lowest BCUT2D eigenvalue weighted by Gasteiger charge is -2.36. The third kappa shape index (κ3) is 5.50. The summed E-state index contributed by atoms with van der Waals surface area (Å²) in [6.07, 6.45) is 0. The van der Waals surface area contributed by atoms with Crippen LogP contribution in [0.15, 0.2) is 77.7 Å². The van der Waals surface area contributed by atoms with Gasteiger partial charge in [0, 0.05) is 33.2 Å². The molecule has 0 aromatic heterocycles. The summed E-state index contributed by atoms with van der Waals surface area (Å²) in [5.41, 5.74) is 1.68. The average molecular weight is 536 g/mol. The zero-order chi connectivity index (χ0) is 24.3. The number of nitrogens with zero attached hydrogens (tertiary/aromatic N) is 3. The van der Waals surface area contributed by atoms with E-state index in [0.29, 0.717) is 31.9 Å². The highest BCUT2D eigenvalue weighted by atomic mass is 35.5. The highest BCUT2D eigenvalue weighted by Gasteiger charge is 2.28. The van der Waals surface area contributed by atoms with Gasteiger partial charge in [-0.15, -0.1) is 12.4 Å². The molecule has 3 aromatic carbocycles. The Morgan fingerprint density at radius 2 is 1.57 bits per heavy atom. The maximum Gasteiger partial charge on any atom is 0.264 e. The number of ether oxygens (including phenoxy) is 1. The number of rotatable bonds is 6. The Hall–Kier alpha value is -2.94. The summed E-state index contributed by atoms with van der Waals surface area (Å²) in [6.45, 7) is 2.21. The first-order valence-electron chi connectivity index (χ1n) is 10.8. The third-order valence-corrected chi connectivity index (χ3v) is 8.05. The average Bonchev–Trinajstić information content (AvgIpc) is 2.88. The van der Waals surface area contributed by atoms with Gasteiger partial charge in [0.1, 0.15) is 5.75 Å². The number of para-hydroxylation sites is 3. The smallest absolute Gasteiger partial charge is 0.264 e. The van der Waals surface area contributed by atoms with Gasteiger partial charge in [0.05, 0.1) is 34.0 Å². The van der Waals surface area contributed by atoms with Crippen molar-refractivity contribution in [1.82, 2.24) is 4.90 Å². The molecule has 0 atom stereocenters. The Balaban J connectivity index is 0.00000342. The van der Waals surface area contributed by atoms with Gasteiger partial charge in [-0.1, -0.05) is 41.9 Å². The van der Waals surface area contributed by atoms with E-state index in [1.54, 1.807) is 36.3 Å². The van der Waals surface area contributed by atoms with Gasteiger partial charge in [-0.05, 0) is 42.5 Å². The number of piperazine rings is 1. The number of amides is 1. The van der Waals surface area contributed by atoms with Gasteiger partial charge in [0.2, 0.25) is 0 Å². The molecule has 0 saturated carbocycles. The number of sulfonamides is 1. The van der Waals surface area contributed by atoms with Crippen molar-refractivity contribution in [3.63, 3.8) is 0 Å². The van der Waals surface area contributed by atoms with E-state index in [1.165, 1.54) is 29.6 Å². The highest BCUT2D eigenvalue weighted by molar-refractivity contribution is 7.92. The summed E-state index contributed by atoms with van der Waals surface area (Å²) >= 11 is 6.34. The number of anilines is 2. The Kier molecular flexibility index (Phi) is 8.53. The Morgan fingerprint density at radius 1 is 0.943 bits per heavy atom. The van der Waals surface area contributed by atoms with Crippen molar-refractivity contribution in [3.05, 3.63) is 83.4 Å². The zero-order valence-electron chi connectivity index (χ0n) is 19.4. The Morgan fingerprint density at radius 3 is 2.23 bits per heavy atom. The van der Waals surface area contributed by atoms with E-state index >= 15 is 0 Å². The fourth-order valence-electron chi connectivity index (χ4n) is 3.98. The van der Waals surface area contributed by atoms with E-state index in [0.717, 1.165) is 11.4 Å². The van der Waals surface area contributed by atoms with Crippen LogP contribution in [0.5, 0.6) is 5.75 Å². The molecule has 0 bridgehead atoms. The Bertz CT molecular complexity index is 1280. The summed E-state index contributed by atoms with van der Waals surface area (Å²) in [4.78, 5) is 17.2. The number of hydrogen-bond donors (Lipinski definition) is 0. The third-order valence-electron chi connectivity index (χ3n) is 5.94. The quantitative estimate of drug-likeness (QED) is 0.462. The minimum Gasteiger partial charge on any atom is -0.495 e. The number of carbonyl (C=O) groups excluding carboxylic acids is 1. The first-order chi connectivity index (χ1) is 16.3. The highest BCUT2D eigenvalue weighted by Crippen LogP contribution is 2.30. The normalized spacial score (nSPS) is 13.7. The van der Waals surface area contributed by atoms with Gasteiger partial charge < -0.3 is 14.5 Å². The molecule has 0 radical (unpaired) electrons. The summed E-state index contributed by atoms with van der Waals surface area (Å²) in [5.74, 6) is 0.495. The van der Waals surface area contributed by atoms with Crippen molar-refractivity contribution in [2.45, 2.75) is 4.90 Å². The molecule has 3 aromatic rings. The lowest BCUT2D eigenvalue weighted by molar-refractivity contribution is 0.0746. The molecule has 1 heterocycles. The molecule has 7 nitrogen and oxygen atoms in total. The minimum atomic E-state index is -3.87. The fraction of sp³-hybridized carbons (Fsp3) is 0.240. The van der Waals surface area contributed by atoms with Crippen LogP contribution in [-0.4, -0.2) is 59.6 Å². The van der Waals surface area contributed by atoms with Crippen LogP contribution in [0.25, 0.3) is 0 Å². The van der Waals surface area contributed by atoms with E-state index in [4.69, 9.17) is 16.3 Å². The summed E-state index contributed by atoms with van der Waals surface area (Å²) in [7, 11) is -0.746. The summed E-state index contributed by atoms with van der Waals surface area (Å²) in [6, 6.07) is 20.8. The predicted octanol–water partition coefficient (Wildman–Crippen LogP) is 4.56. The number of hydrogen-bond acceptors (Lipinski definition) is 5. The largest absolute Gasteiger partial charge is 0.495 e. The maximum atomic E-state index is 13.3. The van der Waals surface area contributed by atoms with Crippen LogP contribution in [0.1, 0.15) is 10.4 Å². The number of halogens is 2. The maximum absolute atomic E-state index is 13.3. The van der Waals surface area contributed by atoms with Gasteiger partial charge in [-0.2, -0.15) is 0 Å². The standard InChI is InChI=1S/C25H26ClN3O4S.ClH/c1-27(19-8-4-3-5-9-19)34(31,32)20-12-13-22(26)21(18-20)25(30)29-16-14-28(15-17-29)23-10-6-7-11-24(23)33-2;/h3-13,18H,14-17H2,1-2H3;1H. The fourth-order valence-corrected chi connectivity index (χ4v) is 5.40. The molecular weight excluding hydrogens is 509 g/mol. The lowest BCUT2D eigenvalue weighted by Crippen LogP contribution is -2.49. The lowest BCUT2D eigenvalue weighted by atomic mass is 10.1. The molecular formula is C25H27Cl2N3O4S. The molecule has 1 amide bonds. The van der Waals surface area contributed by atoms with Gasteiger partial charge in [-0.3, -0.25) is 9.10 Å². The van der Waals surface area contributed by atoms with Gasteiger partial charge in [0.25, 0.3) is 15.9 Å². The SMILES string of the molecule is COc1ccccc1N1CCN(C(=O)c2cc(S(=O)(=O)N(C)c3ccccc3)ccc2Cl)CC1.Cl. The summed E-state index contributed by atoms with van der Waals surface area (Å²) < 4.78 is 33.0. The van der Waals surface area contributed by atoms with Gasteiger partial charge in [-0.25, -0.2) is 8.42 Å². The predicted molar refractivity (Wildman–Crippen MR) is 142 cm³/mol. The van der Waals surface area contributed by atoms with E-state index < -0.39 is 10.0 Å². The molecule has 0 N–H and O–H groups in total. The van der Waals surface area contributed by atoms with Crippen LogP contribution in [0.3, 0.4) is 0 Å². The van der Waals surface area contributed by atoms with Crippen LogP contribution in [0, 0.1) is 0 Å². The van der Waals surface area contributed by atoms with Gasteiger partial charge >= 0.3 is 0 Å². The molecule has 10 heteroatoms. The molecule has 1 aliphatic heterocycles. The molecule has 0 spiro atoms. The molecule has 1 saturated heterocycles. The Labute approximate surface area is 217 Å². The van der Waals surface area contributed by atoms with Crippen molar-refractivity contribution in [3.8, 4) is 5.75 Å². The summed E-state index contributed by atoms with van der Waals surface area (Å²) in [5, 5.41) is 0.221. The van der Waals surface area contributed by atoms with Crippen molar-refractivity contribution in [2.24, 2.45) is 0 Å². The topological polar surface area (TPSA) is 70.2 Å². The van der Waals surface area contributed by atoms with E-state index in [-0.39, 0.29) is 33.8 Å². The second-order valence-corrected chi connectivity index (χ2v) is 10.3.